The highest BCUT2D eigenvalue weighted by Crippen LogP contribution is 2.38. The molecule has 0 saturated carbocycles. The van der Waals surface area contributed by atoms with Gasteiger partial charge in [0.1, 0.15) is 23.9 Å². The molecule has 0 aliphatic carbocycles. The average molecular weight is 452 g/mol. The number of fused-ring (bicyclic) bond motifs is 1. The molecule has 0 bridgehead atoms. The van der Waals surface area contributed by atoms with Gasteiger partial charge in [0.05, 0.1) is 26.2 Å². The number of rotatable bonds is 8. The Morgan fingerprint density at radius 2 is 1.82 bits per heavy atom. The van der Waals surface area contributed by atoms with Gasteiger partial charge in [-0.2, -0.15) is 0 Å². The molecule has 6 nitrogen and oxygen atoms in total. The topological polar surface area (TPSA) is 57.2 Å². The number of nitrogens with zero attached hydrogens (tertiary/aromatic N) is 1. The van der Waals surface area contributed by atoms with E-state index in [4.69, 9.17) is 18.9 Å². The molecule has 2 heterocycles. The van der Waals surface area contributed by atoms with Crippen molar-refractivity contribution in [2.24, 2.45) is 5.41 Å². The summed E-state index contributed by atoms with van der Waals surface area (Å²) in [7, 11) is 3.34. The number of carbonyl (C=O) groups excluding carboxylic acids is 1. The van der Waals surface area contributed by atoms with Gasteiger partial charge in [0.25, 0.3) is 0 Å². The third kappa shape index (κ3) is 5.33. The minimum atomic E-state index is -0.504. The lowest BCUT2D eigenvalue weighted by Gasteiger charge is -2.40. The van der Waals surface area contributed by atoms with Crippen molar-refractivity contribution >= 4 is 12.0 Å². The summed E-state index contributed by atoms with van der Waals surface area (Å²) in [5.74, 6) is 2.43. The van der Waals surface area contributed by atoms with Crippen LogP contribution in [0, 0.1) is 5.41 Å². The van der Waals surface area contributed by atoms with E-state index in [0.717, 1.165) is 60.9 Å². The van der Waals surface area contributed by atoms with Crippen molar-refractivity contribution in [3.05, 3.63) is 59.2 Å². The minimum absolute atomic E-state index is 0.0892. The van der Waals surface area contributed by atoms with Gasteiger partial charge in [-0.15, -0.1) is 0 Å². The van der Waals surface area contributed by atoms with Crippen LogP contribution in [0.15, 0.2) is 48.0 Å². The maximum absolute atomic E-state index is 13.1. The molecule has 0 spiro atoms. The van der Waals surface area contributed by atoms with E-state index >= 15 is 0 Å². The summed E-state index contributed by atoms with van der Waals surface area (Å²) in [6, 6.07) is 13.9. The molecule has 0 unspecified atom stereocenters. The normalized spacial score (nSPS) is 17.4. The summed E-state index contributed by atoms with van der Waals surface area (Å²) in [6.45, 7) is 5.36. The summed E-state index contributed by atoms with van der Waals surface area (Å²) in [5, 5.41) is 0. The highest BCUT2D eigenvalue weighted by Gasteiger charge is 2.42. The number of ether oxygens (including phenoxy) is 4. The zero-order valence-corrected chi connectivity index (χ0v) is 19.8. The predicted molar refractivity (Wildman–Crippen MR) is 128 cm³/mol. The van der Waals surface area contributed by atoms with E-state index < -0.39 is 5.41 Å². The molecular weight excluding hydrogens is 418 g/mol. The van der Waals surface area contributed by atoms with Gasteiger partial charge in [-0.1, -0.05) is 12.1 Å². The van der Waals surface area contributed by atoms with Crippen LogP contribution in [0.4, 0.5) is 0 Å². The summed E-state index contributed by atoms with van der Waals surface area (Å²) in [4.78, 5) is 15.5. The molecule has 2 aromatic rings. The number of methoxy groups -OCH3 is 2. The molecule has 2 aliphatic heterocycles. The Balaban J connectivity index is 1.44. The van der Waals surface area contributed by atoms with Crippen molar-refractivity contribution in [3.8, 4) is 17.2 Å². The van der Waals surface area contributed by atoms with Crippen LogP contribution in [-0.2, 0) is 16.0 Å². The Labute approximate surface area is 196 Å². The monoisotopic (exact) mass is 451 g/mol. The highest BCUT2D eigenvalue weighted by atomic mass is 16.5. The molecule has 4 rings (SSSR count). The Morgan fingerprint density at radius 1 is 1.06 bits per heavy atom. The lowest BCUT2D eigenvalue weighted by Crippen LogP contribution is -2.47. The summed E-state index contributed by atoms with van der Waals surface area (Å²) >= 11 is 0. The van der Waals surface area contributed by atoms with Gasteiger partial charge in [-0.3, -0.25) is 9.69 Å². The van der Waals surface area contributed by atoms with Crippen LogP contribution in [0.25, 0.3) is 6.08 Å². The van der Waals surface area contributed by atoms with E-state index in [2.05, 4.69) is 17.0 Å². The number of likely N-dealkylation sites (tertiary alicyclic amines) is 1. The number of benzene rings is 2. The van der Waals surface area contributed by atoms with Crippen LogP contribution < -0.4 is 14.2 Å². The molecule has 176 valence electrons. The standard InChI is InChI=1S/C27H33NO5/c1-4-32-26(29)27(17-20-6-5-7-23(15-20)30-2)10-12-28(13-11-27)18-21-14-22-16-24(31-3)8-9-25(22)33-19-21/h5-9,14-16H,4,10-13,17-19H2,1-3H3. The number of hydrogen-bond acceptors (Lipinski definition) is 6. The van der Waals surface area contributed by atoms with Crippen LogP contribution in [0.5, 0.6) is 17.2 Å². The second kappa shape index (κ2) is 10.3. The van der Waals surface area contributed by atoms with Gasteiger partial charge in [0, 0.05) is 12.1 Å². The Bertz CT molecular complexity index is 1010. The van der Waals surface area contributed by atoms with E-state index in [-0.39, 0.29) is 5.97 Å². The molecule has 0 N–H and O–H groups in total. The fourth-order valence-electron chi connectivity index (χ4n) is 4.76. The van der Waals surface area contributed by atoms with Gasteiger partial charge >= 0.3 is 5.97 Å². The lowest BCUT2D eigenvalue weighted by molar-refractivity contribution is -0.158. The number of hydrogen-bond donors (Lipinski definition) is 0. The smallest absolute Gasteiger partial charge is 0.312 e. The molecule has 0 aromatic heterocycles. The minimum Gasteiger partial charge on any atom is -0.497 e. The zero-order chi connectivity index (χ0) is 23.3. The van der Waals surface area contributed by atoms with Crippen LogP contribution >= 0.6 is 0 Å². The second-order valence-electron chi connectivity index (χ2n) is 8.80. The van der Waals surface area contributed by atoms with Crippen LogP contribution in [0.2, 0.25) is 0 Å². The molecule has 1 saturated heterocycles. The van der Waals surface area contributed by atoms with E-state index in [1.807, 2.05) is 43.3 Å². The van der Waals surface area contributed by atoms with Crippen molar-refractivity contribution < 1.29 is 23.7 Å². The predicted octanol–water partition coefficient (Wildman–Crippen LogP) is 4.37. The maximum Gasteiger partial charge on any atom is 0.312 e. The van der Waals surface area contributed by atoms with Crippen LogP contribution in [0.1, 0.15) is 30.9 Å². The molecule has 0 amide bonds. The first-order chi connectivity index (χ1) is 16.0. The zero-order valence-electron chi connectivity index (χ0n) is 19.8. The van der Waals surface area contributed by atoms with Crippen LogP contribution in [0.3, 0.4) is 0 Å². The molecule has 0 radical (unpaired) electrons. The Kier molecular flexibility index (Phi) is 7.23. The SMILES string of the molecule is CCOC(=O)C1(Cc2cccc(OC)c2)CCN(CC2=Cc3cc(OC)ccc3OC2)CC1. The van der Waals surface area contributed by atoms with Gasteiger partial charge in [-0.05, 0) is 86.8 Å². The molecule has 0 atom stereocenters. The molecular formula is C27H33NO5. The molecule has 1 fully saturated rings. The van der Waals surface area contributed by atoms with Gasteiger partial charge in [-0.25, -0.2) is 0 Å². The number of carbonyl (C=O) groups is 1. The molecule has 6 heteroatoms. The second-order valence-corrected chi connectivity index (χ2v) is 8.80. The van der Waals surface area contributed by atoms with Gasteiger partial charge in [0.15, 0.2) is 0 Å². The average Bonchev–Trinajstić information content (AvgIpc) is 2.85. The van der Waals surface area contributed by atoms with Crippen molar-refractivity contribution in [2.45, 2.75) is 26.2 Å². The van der Waals surface area contributed by atoms with Crippen molar-refractivity contribution in [3.63, 3.8) is 0 Å². The van der Waals surface area contributed by atoms with E-state index in [0.29, 0.717) is 19.6 Å². The third-order valence-corrected chi connectivity index (χ3v) is 6.61. The van der Waals surface area contributed by atoms with Crippen molar-refractivity contribution in [1.82, 2.24) is 4.90 Å². The van der Waals surface area contributed by atoms with Crippen molar-refractivity contribution in [1.29, 1.82) is 0 Å². The van der Waals surface area contributed by atoms with Crippen LogP contribution in [-0.4, -0.2) is 57.9 Å². The lowest BCUT2D eigenvalue weighted by atomic mass is 9.73. The first-order valence-corrected chi connectivity index (χ1v) is 11.6. The Morgan fingerprint density at radius 3 is 2.55 bits per heavy atom. The highest BCUT2D eigenvalue weighted by molar-refractivity contribution is 5.77. The number of piperidine rings is 1. The number of esters is 1. The van der Waals surface area contributed by atoms with E-state index in [9.17, 15) is 4.79 Å². The maximum atomic E-state index is 13.1. The summed E-state index contributed by atoms with van der Waals surface area (Å²) in [5.41, 5.74) is 2.87. The van der Waals surface area contributed by atoms with Gasteiger partial charge in [0.2, 0.25) is 0 Å². The van der Waals surface area contributed by atoms with Gasteiger partial charge < -0.3 is 18.9 Å². The van der Waals surface area contributed by atoms with Crippen molar-refractivity contribution in [2.75, 3.05) is 47.1 Å². The third-order valence-electron chi connectivity index (χ3n) is 6.61. The summed E-state index contributed by atoms with van der Waals surface area (Å²) in [6.07, 6.45) is 4.39. The summed E-state index contributed by atoms with van der Waals surface area (Å²) < 4.78 is 22.2. The molecule has 2 aliphatic rings. The first-order valence-electron chi connectivity index (χ1n) is 11.6. The largest absolute Gasteiger partial charge is 0.497 e. The molecule has 33 heavy (non-hydrogen) atoms. The quantitative estimate of drug-likeness (QED) is 0.556. The first kappa shape index (κ1) is 23.2. The van der Waals surface area contributed by atoms with E-state index in [1.54, 1.807) is 14.2 Å². The fraction of sp³-hybridized carbons (Fsp3) is 0.444. The van der Waals surface area contributed by atoms with E-state index in [1.165, 1.54) is 5.57 Å². The fourth-order valence-corrected chi connectivity index (χ4v) is 4.76. The molecule has 2 aromatic carbocycles. The Hall–Kier alpha value is -2.99.